The monoisotopic (exact) mass is 278 g/mol. The number of nitrogens with zero attached hydrogens (tertiary/aromatic N) is 3. The van der Waals surface area contributed by atoms with Crippen LogP contribution in [0.15, 0.2) is 30.6 Å². The highest BCUT2D eigenvalue weighted by Crippen LogP contribution is 2.25. The van der Waals surface area contributed by atoms with E-state index in [1.807, 2.05) is 49.3 Å². The summed E-state index contributed by atoms with van der Waals surface area (Å²) in [5, 5.41) is 0.738. The molecule has 0 spiro atoms. The average Bonchev–Trinajstić information content (AvgIpc) is 2.77. The van der Waals surface area contributed by atoms with Gasteiger partial charge < -0.3 is 15.2 Å². The fourth-order valence-electron chi connectivity index (χ4n) is 2.11. The summed E-state index contributed by atoms with van der Waals surface area (Å²) in [5.74, 6) is 1.01. The third-order valence-corrected chi connectivity index (χ3v) is 3.41. The first-order valence-electron chi connectivity index (χ1n) is 6.27. The molecule has 0 radical (unpaired) electrons. The number of hydrogen-bond donors (Lipinski definition) is 1. The van der Waals surface area contributed by atoms with Gasteiger partial charge >= 0.3 is 0 Å². The van der Waals surface area contributed by atoms with E-state index >= 15 is 0 Å². The third-order valence-electron chi connectivity index (χ3n) is 3.17. The van der Waals surface area contributed by atoms with Crippen molar-refractivity contribution in [3.63, 3.8) is 0 Å². The van der Waals surface area contributed by atoms with Crippen LogP contribution >= 0.6 is 11.6 Å². The molecule has 102 valence electrons. The average molecular weight is 279 g/mol. The molecule has 1 aromatic carbocycles. The van der Waals surface area contributed by atoms with Gasteiger partial charge in [-0.05, 0) is 30.7 Å². The Balaban J connectivity index is 2.24. The van der Waals surface area contributed by atoms with Crippen molar-refractivity contribution in [2.24, 2.45) is 12.8 Å². The Morgan fingerprint density at radius 1 is 1.42 bits per heavy atom. The van der Waals surface area contributed by atoms with Crippen LogP contribution in [0.1, 0.15) is 11.4 Å². The van der Waals surface area contributed by atoms with Gasteiger partial charge in [-0.2, -0.15) is 0 Å². The van der Waals surface area contributed by atoms with Crippen molar-refractivity contribution < 1.29 is 0 Å². The van der Waals surface area contributed by atoms with Gasteiger partial charge in [0.1, 0.15) is 5.82 Å². The van der Waals surface area contributed by atoms with Crippen LogP contribution in [0.4, 0.5) is 5.69 Å². The standard InChI is InChI=1S/C14H19ClN4/c1-18-8-7-17-14(18)10-19(2)13-9-12(15)4-3-11(13)5-6-16/h3-4,7-9H,5-6,10,16H2,1-2H3. The van der Waals surface area contributed by atoms with Gasteiger partial charge in [0.15, 0.2) is 0 Å². The molecule has 2 N–H and O–H groups in total. The molecule has 0 unspecified atom stereocenters. The minimum Gasteiger partial charge on any atom is -0.367 e. The van der Waals surface area contributed by atoms with Crippen LogP contribution in [0.3, 0.4) is 0 Å². The zero-order valence-electron chi connectivity index (χ0n) is 11.3. The van der Waals surface area contributed by atoms with E-state index in [2.05, 4.69) is 9.88 Å². The zero-order valence-corrected chi connectivity index (χ0v) is 12.1. The Bertz CT molecular complexity index is 550. The first kappa shape index (κ1) is 13.9. The number of aromatic nitrogens is 2. The Hall–Kier alpha value is -1.52. The molecule has 2 rings (SSSR count). The van der Waals surface area contributed by atoms with Gasteiger partial charge in [-0.1, -0.05) is 17.7 Å². The lowest BCUT2D eigenvalue weighted by molar-refractivity contribution is 0.758. The predicted molar refractivity (Wildman–Crippen MR) is 79.5 cm³/mol. The molecule has 0 atom stereocenters. The smallest absolute Gasteiger partial charge is 0.127 e. The number of anilines is 1. The van der Waals surface area contributed by atoms with Crippen LogP contribution in [-0.4, -0.2) is 23.1 Å². The molecule has 4 nitrogen and oxygen atoms in total. The highest BCUT2D eigenvalue weighted by atomic mass is 35.5. The van der Waals surface area contributed by atoms with Crippen molar-refractivity contribution >= 4 is 17.3 Å². The van der Waals surface area contributed by atoms with Gasteiger partial charge in [-0.15, -0.1) is 0 Å². The van der Waals surface area contributed by atoms with E-state index in [1.54, 1.807) is 0 Å². The molecule has 5 heteroatoms. The lowest BCUT2D eigenvalue weighted by Gasteiger charge is -2.22. The van der Waals surface area contributed by atoms with E-state index in [-0.39, 0.29) is 0 Å². The molecule has 0 bridgehead atoms. The number of imidazole rings is 1. The lowest BCUT2D eigenvalue weighted by atomic mass is 10.1. The second-order valence-corrected chi connectivity index (χ2v) is 5.06. The van der Waals surface area contributed by atoms with Crippen molar-refractivity contribution in [3.8, 4) is 0 Å². The van der Waals surface area contributed by atoms with Gasteiger partial charge in [0, 0.05) is 37.2 Å². The molecule has 0 saturated carbocycles. The van der Waals surface area contributed by atoms with Gasteiger partial charge in [-0.3, -0.25) is 0 Å². The SMILES string of the molecule is CN(Cc1nccn1C)c1cc(Cl)ccc1CCN. The summed E-state index contributed by atoms with van der Waals surface area (Å²) in [5.41, 5.74) is 7.98. The third kappa shape index (κ3) is 3.28. The lowest BCUT2D eigenvalue weighted by Crippen LogP contribution is -2.21. The zero-order chi connectivity index (χ0) is 13.8. The number of hydrogen-bond acceptors (Lipinski definition) is 3. The van der Waals surface area contributed by atoms with Gasteiger partial charge in [0.25, 0.3) is 0 Å². The summed E-state index contributed by atoms with van der Waals surface area (Å²) in [4.78, 5) is 6.49. The summed E-state index contributed by atoms with van der Waals surface area (Å²) in [6, 6.07) is 5.93. The fourth-order valence-corrected chi connectivity index (χ4v) is 2.27. The minimum absolute atomic E-state index is 0.630. The number of aryl methyl sites for hydroxylation is 1. The van der Waals surface area contributed by atoms with E-state index in [1.165, 1.54) is 5.56 Å². The quantitative estimate of drug-likeness (QED) is 0.912. The molecule has 0 fully saturated rings. The molecule has 0 aliphatic carbocycles. The largest absolute Gasteiger partial charge is 0.367 e. The van der Waals surface area contributed by atoms with E-state index < -0.39 is 0 Å². The van der Waals surface area contributed by atoms with Gasteiger partial charge in [-0.25, -0.2) is 4.98 Å². The van der Waals surface area contributed by atoms with Crippen LogP contribution in [0.2, 0.25) is 5.02 Å². The van der Waals surface area contributed by atoms with E-state index in [9.17, 15) is 0 Å². The molecule has 1 heterocycles. The Morgan fingerprint density at radius 3 is 2.84 bits per heavy atom. The van der Waals surface area contributed by atoms with E-state index in [0.717, 1.165) is 29.5 Å². The number of benzene rings is 1. The first-order chi connectivity index (χ1) is 9.11. The summed E-state index contributed by atoms with van der Waals surface area (Å²) >= 11 is 6.10. The van der Waals surface area contributed by atoms with Crippen molar-refractivity contribution in [3.05, 3.63) is 47.0 Å². The van der Waals surface area contributed by atoms with Crippen LogP contribution < -0.4 is 10.6 Å². The van der Waals surface area contributed by atoms with Crippen molar-refractivity contribution in [1.29, 1.82) is 0 Å². The molecule has 0 amide bonds. The Kier molecular flexibility index (Phi) is 4.45. The van der Waals surface area contributed by atoms with Crippen molar-refractivity contribution in [1.82, 2.24) is 9.55 Å². The normalized spacial score (nSPS) is 10.7. The van der Waals surface area contributed by atoms with Gasteiger partial charge in [0.2, 0.25) is 0 Å². The second-order valence-electron chi connectivity index (χ2n) is 4.62. The maximum absolute atomic E-state index is 6.10. The van der Waals surface area contributed by atoms with Crippen molar-refractivity contribution in [2.75, 3.05) is 18.5 Å². The fraction of sp³-hybridized carbons (Fsp3) is 0.357. The number of rotatable bonds is 5. The topological polar surface area (TPSA) is 47.1 Å². The highest BCUT2D eigenvalue weighted by Gasteiger charge is 2.10. The molecule has 1 aromatic heterocycles. The van der Waals surface area contributed by atoms with E-state index in [0.29, 0.717) is 6.54 Å². The highest BCUT2D eigenvalue weighted by molar-refractivity contribution is 6.30. The molecule has 2 aromatic rings. The van der Waals surface area contributed by atoms with E-state index in [4.69, 9.17) is 17.3 Å². The predicted octanol–water partition coefficient (Wildman–Crippen LogP) is 2.21. The number of nitrogens with two attached hydrogens (primary N) is 1. The molecule has 0 saturated heterocycles. The molecular formula is C14H19ClN4. The molecule has 19 heavy (non-hydrogen) atoms. The second kappa shape index (κ2) is 6.08. The molecule has 0 aliphatic heterocycles. The summed E-state index contributed by atoms with van der Waals surface area (Å²) < 4.78 is 2.02. The number of halogens is 1. The van der Waals surface area contributed by atoms with Crippen LogP contribution in [-0.2, 0) is 20.0 Å². The summed E-state index contributed by atoms with van der Waals surface area (Å²) in [7, 11) is 4.04. The Morgan fingerprint density at radius 2 is 2.21 bits per heavy atom. The first-order valence-corrected chi connectivity index (χ1v) is 6.65. The Labute approximate surface area is 118 Å². The van der Waals surface area contributed by atoms with Crippen molar-refractivity contribution in [2.45, 2.75) is 13.0 Å². The maximum Gasteiger partial charge on any atom is 0.127 e. The van der Waals surface area contributed by atoms with Gasteiger partial charge in [0.05, 0.1) is 6.54 Å². The van der Waals surface area contributed by atoms with Crippen LogP contribution in [0, 0.1) is 0 Å². The summed E-state index contributed by atoms with van der Waals surface area (Å²) in [6.07, 6.45) is 4.60. The van der Waals surface area contributed by atoms with Crippen LogP contribution in [0.25, 0.3) is 0 Å². The minimum atomic E-state index is 0.630. The molecular weight excluding hydrogens is 260 g/mol. The maximum atomic E-state index is 6.10. The summed E-state index contributed by atoms with van der Waals surface area (Å²) in [6.45, 7) is 1.37. The molecule has 0 aliphatic rings. The van der Waals surface area contributed by atoms with Crippen LogP contribution in [0.5, 0.6) is 0 Å².